The fourth-order valence-corrected chi connectivity index (χ4v) is 4.78. The van der Waals surface area contributed by atoms with Crippen LogP contribution in [0.1, 0.15) is 34.5 Å². The Balaban J connectivity index is 1.78. The lowest BCUT2D eigenvalue weighted by Gasteiger charge is -2.16. The average molecular weight is 360 g/mol. The van der Waals surface area contributed by atoms with E-state index in [2.05, 4.69) is 24.3 Å². The largest absolute Gasteiger partial charge is 0.493 e. The molecule has 1 heterocycles. The zero-order chi connectivity index (χ0) is 17.8. The highest BCUT2D eigenvalue weighted by Gasteiger charge is 2.29. The maximum Gasteiger partial charge on any atom is 0.161 e. The van der Waals surface area contributed by atoms with E-state index in [9.17, 15) is 0 Å². The zero-order valence-electron chi connectivity index (χ0n) is 15.1. The van der Waals surface area contributed by atoms with Gasteiger partial charge in [0.2, 0.25) is 0 Å². The van der Waals surface area contributed by atoms with Crippen LogP contribution in [0.5, 0.6) is 23.0 Å². The molecule has 0 bridgehead atoms. The Labute approximate surface area is 153 Å². The van der Waals surface area contributed by atoms with E-state index >= 15 is 0 Å². The molecule has 1 aliphatic rings. The molecule has 1 saturated heterocycles. The third-order valence-corrected chi connectivity index (χ3v) is 6.25. The van der Waals surface area contributed by atoms with E-state index in [0.29, 0.717) is 10.5 Å². The number of rotatable bonds is 6. The second-order valence-corrected chi connectivity index (χ2v) is 7.33. The minimum atomic E-state index is 0.456. The van der Waals surface area contributed by atoms with E-state index in [1.54, 1.807) is 28.4 Å². The fraction of sp³-hybridized carbons (Fsp3) is 0.400. The highest BCUT2D eigenvalue weighted by atomic mass is 32.2. The van der Waals surface area contributed by atoms with Crippen LogP contribution in [0.25, 0.3) is 0 Å². The predicted molar refractivity (Wildman–Crippen MR) is 101 cm³/mol. The van der Waals surface area contributed by atoms with Gasteiger partial charge in [0.15, 0.2) is 23.0 Å². The molecular formula is C20H24O4S. The van der Waals surface area contributed by atoms with Gasteiger partial charge >= 0.3 is 0 Å². The van der Waals surface area contributed by atoms with E-state index in [-0.39, 0.29) is 0 Å². The minimum absolute atomic E-state index is 0.456. The molecule has 0 aromatic heterocycles. The molecule has 0 aliphatic carbocycles. The Morgan fingerprint density at radius 2 is 1.04 bits per heavy atom. The predicted octanol–water partition coefficient (Wildman–Crippen LogP) is 5.03. The Hall–Kier alpha value is -2.01. The fourth-order valence-electron chi connectivity index (χ4n) is 3.23. The SMILES string of the molecule is COc1ccc([C@H]2CC[C@H](c3ccc(OC)c(OC)c3)S2)cc1OC. The Morgan fingerprint density at radius 1 is 0.640 bits per heavy atom. The van der Waals surface area contributed by atoms with Gasteiger partial charge in [-0.15, -0.1) is 11.8 Å². The van der Waals surface area contributed by atoms with Gasteiger partial charge in [0, 0.05) is 10.5 Å². The van der Waals surface area contributed by atoms with Crippen molar-refractivity contribution in [2.24, 2.45) is 0 Å². The van der Waals surface area contributed by atoms with Crippen molar-refractivity contribution in [2.45, 2.75) is 23.3 Å². The van der Waals surface area contributed by atoms with Crippen LogP contribution in [-0.2, 0) is 0 Å². The monoisotopic (exact) mass is 360 g/mol. The second-order valence-electron chi connectivity index (χ2n) is 5.92. The van der Waals surface area contributed by atoms with Crippen molar-refractivity contribution in [3.63, 3.8) is 0 Å². The molecular weight excluding hydrogens is 336 g/mol. The quantitative estimate of drug-likeness (QED) is 0.722. The van der Waals surface area contributed by atoms with Crippen LogP contribution in [0, 0.1) is 0 Å². The highest BCUT2D eigenvalue weighted by molar-refractivity contribution is 8.00. The molecule has 0 spiro atoms. The Bertz CT molecular complexity index is 670. The summed E-state index contributed by atoms with van der Waals surface area (Å²) in [6, 6.07) is 12.4. The van der Waals surface area contributed by atoms with Gasteiger partial charge in [-0.1, -0.05) is 12.1 Å². The summed E-state index contributed by atoms with van der Waals surface area (Å²) in [6.07, 6.45) is 2.28. The number of hydrogen-bond acceptors (Lipinski definition) is 5. The number of methoxy groups -OCH3 is 4. The van der Waals surface area contributed by atoms with Crippen molar-refractivity contribution in [3.8, 4) is 23.0 Å². The first-order valence-corrected chi connectivity index (χ1v) is 9.23. The summed E-state index contributed by atoms with van der Waals surface area (Å²) in [6.45, 7) is 0. The van der Waals surface area contributed by atoms with Crippen LogP contribution in [0.2, 0.25) is 0 Å². The van der Waals surface area contributed by atoms with Crippen LogP contribution in [0.3, 0.4) is 0 Å². The third kappa shape index (κ3) is 3.66. The molecule has 2 aromatic carbocycles. The van der Waals surface area contributed by atoms with Crippen LogP contribution >= 0.6 is 11.8 Å². The first kappa shape index (κ1) is 17.8. The Morgan fingerprint density at radius 3 is 1.40 bits per heavy atom. The lowest BCUT2D eigenvalue weighted by molar-refractivity contribution is 0.354. The molecule has 25 heavy (non-hydrogen) atoms. The highest BCUT2D eigenvalue weighted by Crippen LogP contribution is 2.54. The Kier molecular flexibility index (Phi) is 5.63. The molecule has 1 aliphatic heterocycles. The smallest absolute Gasteiger partial charge is 0.161 e. The van der Waals surface area contributed by atoms with Crippen LogP contribution in [0.4, 0.5) is 0 Å². The van der Waals surface area contributed by atoms with E-state index < -0.39 is 0 Å². The van der Waals surface area contributed by atoms with Gasteiger partial charge in [0.1, 0.15) is 0 Å². The van der Waals surface area contributed by atoms with Crippen molar-refractivity contribution in [2.75, 3.05) is 28.4 Å². The second kappa shape index (κ2) is 7.91. The van der Waals surface area contributed by atoms with Crippen molar-refractivity contribution in [1.82, 2.24) is 0 Å². The lowest BCUT2D eigenvalue weighted by atomic mass is 10.0. The van der Waals surface area contributed by atoms with Gasteiger partial charge in [0.05, 0.1) is 28.4 Å². The molecule has 0 saturated carbocycles. The lowest BCUT2D eigenvalue weighted by Crippen LogP contribution is -1.95. The van der Waals surface area contributed by atoms with Gasteiger partial charge < -0.3 is 18.9 Å². The maximum atomic E-state index is 5.44. The van der Waals surface area contributed by atoms with Gasteiger partial charge in [-0.25, -0.2) is 0 Å². The van der Waals surface area contributed by atoms with Crippen LogP contribution in [-0.4, -0.2) is 28.4 Å². The summed E-state index contributed by atoms with van der Waals surface area (Å²) in [5, 5.41) is 0.913. The summed E-state index contributed by atoms with van der Waals surface area (Å²) < 4.78 is 21.5. The first-order valence-electron chi connectivity index (χ1n) is 8.29. The summed E-state index contributed by atoms with van der Waals surface area (Å²) >= 11 is 1.99. The average Bonchev–Trinajstić information content (AvgIpc) is 3.17. The maximum absolute atomic E-state index is 5.44. The molecule has 2 aromatic rings. The molecule has 3 rings (SSSR count). The summed E-state index contributed by atoms with van der Waals surface area (Å²) in [5.74, 6) is 3.11. The third-order valence-electron chi connectivity index (χ3n) is 4.58. The molecule has 0 unspecified atom stereocenters. The zero-order valence-corrected chi connectivity index (χ0v) is 15.9. The van der Waals surface area contributed by atoms with Crippen molar-refractivity contribution in [1.29, 1.82) is 0 Å². The standard InChI is InChI=1S/C20H24O4S/c1-21-15-7-5-13(11-17(15)23-3)19-9-10-20(25-19)14-6-8-16(22-2)18(12-14)24-4/h5-8,11-12,19-20H,9-10H2,1-4H3/t19-,20-/m1/s1. The van der Waals surface area contributed by atoms with E-state index in [0.717, 1.165) is 35.8 Å². The van der Waals surface area contributed by atoms with Crippen molar-refractivity contribution in [3.05, 3.63) is 47.5 Å². The molecule has 5 heteroatoms. The van der Waals surface area contributed by atoms with Crippen molar-refractivity contribution < 1.29 is 18.9 Å². The first-order chi connectivity index (χ1) is 12.2. The molecule has 134 valence electrons. The number of ether oxygens (including phenoxy) is 4. The summed E-state index contributed by atoms with van der Waals surface area (Å²) in [4.78, 5) is 0. The number of thioether (sulfide) groups is 1. The number of hydrogen-bond donors (Lipinski definition) is 0. The topological polar surface area (TPSA) is 36.9 Å². The molecule has 2 atom stereocenters. The molecule has 0 amide bonds. The van der Waals surface area contributed by atoms with Gasteiger partial charge in [0.25, 0.3) is 0 Å². The summed E-state index contributed by atoms with van der Waals surface area (Å²) in [5.41, 5.74) is 2.57. The van der Waals surface area contributed by atoms with Crippen molar-refractivity contribution >= 4 is 11.8 Å². The van der Waals surface area contributed by atoms with E-state index in [1.165, 1.54) is 11.1 Å². The van der Waals surface area contributed by atoms with Crippen LogP contribution < -0.4 is 18.9 Å². The van der Waals surface area contributed by atoms with E-state index in [4.69, 9.17) is 18.9 Å². The number of benzene rings is 2. The molecule has 4 nitrogen and oxygen atoms in total. The van der Waals surface area contributed by atoms with Gasteiger partial charge in [-0.2, -0.15) is 0 Å². The van der Waals surface area contributed by atoms with Gasteiger partial charge in [-0.3, -0.25) is 0 Å². The normalized spacial score (nSPS) is 19.5. The molecule has 1 fully saturated rings. The summed E-state index contributed by atoms with van der Waals surface area (Å²) in [7, 11) is 6.68. The van der Waals surface area contributed by atoms with Crippen LogP contribution in [0.15, 0.2) is 36.4 Å². The van der Waals surface area contributed by atoms with Gasteiger partial charge in [-0.05, 0) is 48.2 Å². The van der Waals surface area contributed by atoms with E-state index in [1.807, 2.05) is 23.9 Å². The molecule has 0 N–H and O–H groups in total. The minimum Gasteiger partial charge on any atom is -0.493 e. The molecule has 0 radical (unpaired) electrons.